The highest BCUT2D eigenvalue weighted by molar-refractivity contribution is 9.10. The normalized spacial score (nSPS) is 14.1. The van der Waals surface area contributed by atoms with Crippen LogP contribution in [-0.2, 0) is 0 Å². The maximum absolute atomic E-state index is 14.1. The summed E-state index contributed by atoms with van der Waals surface area (Å²) in [6.45, 7) is 3.71. The molecule has 5 aromatic rings. The van der Waals surface area contributed by atoms with Gasteiger partial charge in [-0.05, 0) is 55.8 Å². The number of anilines is 1. The smallest absolute Gasteiger partial charge is 0.279 e. The Bertz CT molecular complexity index is 1820. The third-order valence-corrected chi connectivity index (χ3v) is 8.17. The highest BCUT2D eigenvalue weighted by Gasteiger charge is 2.34. The standard InChI is InChI=1S/C30H25BrN6O3S/c1-18-15-35(25-9-5-6-14-32-25)16-26(39)36(18)28(20-10-12-21(31)13-11-20)27-19(2)34-37(29(27)40)30-33-23(17-41-30)22-7-3-4-8-24(22)38/h3-17,28,34,38-39H,1-2H3. The minimum atomic E-state index is -0.649. The number of aromatic hydroxyl groups is 1. The lowest BCUT2D eigenvalue weighted by Gasteiger charge is -2.37. The van der Waals surface area contributed by atoms with Gasteiger partial charge < -0.3 is 20.0 Å². The van der Waals surface area contributed by atoms with Crippen LogP contribution in [0.2, 0.25) is 0 Å². The number of nitrogens with one attached hydrogen (secondary N) is 1. The fraction of sp³-hybridized carbons (Fsp3) is 0.100. The molecule has 206 valence electrons. The number of hydrogen-bond donors (Lipinski definition) is 3. The van der Waals surface area contributed by atoms with Gasteiger partial charge in [0.1, 0.15) is 11.6 Å². The fourth-order valence-electron chi connectivity index (χ4n) is 4.93. The second kappa shape index (κ2) is 10.8. The average molecular weight is 630 g/mol. The molecule has 0 bridgehead atoms. The number of rotatable bonds is 6. The number of phenols is 1. The monoisotopic (exact) mass is 628 g/mol. The van der Waals surface area contributed by atoms with Crippen LogP contribution >= 0.6 is 27.3 Å². The molecule has 3 aromatic heterocycles. The van der Waals surface area contributed by atoms with Gasteiger partial charge in [0.2, 0.25) is 11.0 Å². The predicted octanol–water partition coefficient (Wildman–Crippen LogP) is 6.59. The number of halogens is 1. The van der Waals surface area contributed by atoms with E-state index in [1.807, 2.05) is 68.6 Å². The van der Waals surface area contributed by atoms with Crippen molar-refractivity contribution in [3.63, 3.8) is 0 Å². The highest BCUT2D eigenvalue weighted by Crippen LogP contribution is 2.37. The number of allylic oxidation sites excluding steroid dienone is 1. The molecule has 41 heavy (non-hydrogen) atoms. The lowest BCUT2D eigenvalue weighted by Crippen LogP contribution is -2.35. The summed E-state index contributed by atoms with van der Waals surface area (Å²) >= 11 is 4.79. The van der Waals surface area contributed by atoms with Crippen LogP contribution in [0.3, 0.4) is 0 Å². The lowest BCUT2D eigenvalue weighted by molar-refractivity contribution is 0.203. The number of para-hydroxylation sites is 1. The molecule has 0 amide bonds. The second-order valence-corrected chi connectivity index (χ2v) is 11.3. The molecule has 1 unspecified atom stereocenters. The van der Waals surface area contributed by atoms with E-state index in [1.54, 1.807) is 45.8 Å². The SMILES string of the molecule is CC1=CN(c2ccccn2)C=C(O)N1C(c1ccc(Br)cc1)c1c(C)[nH]n(-c2nc(-c3ccccc3O)cs2)c1=O. The molecule has 9 nitrogen and oxygen atoms in total. The van der Waals surface area contributed by atoms with E-state index < -0.39 is 6.04 Å². The molecule has 11 heteroatoms. The number of aromatic nitrogens is 4. The van der Waals surface area contributed by atoms with Gasteiger partial charge in [0.05, 0.1) is 23.5 Å². The Kier molecular flexibility index (Phi) is 6.98. The molecular formula is C30H25BrN6O3S. The van der Waals surface area contributed by atoms with Crippen LogP contribution in [0.5, 0.6) is 5.75 Å². The van der Waals surface area contributed by atoms with Crippen molar-refractivity contribution in [1.82, 2.24) is 24.6 Å². The molecule has 1 atom stereocenters. The zero-order valence-corrected chi connectivity index (χ0v) is 24.5. The first-order valence-corrected chi connectivity index (χ1v) is 14.4. The van der Waals surface area contributed by atoms with Crippen molar-refractivity contribution < 1.29 is 10.2 Å². The van der Waals surface area contributed by atoms with Crippen molar-refractivity contribution >= 4 is 33.1 Å². The summed E-state index contributed by atoms with van der Waals surface area (Å²) in [6.07, 6.45) is 5.14. The number of benzene rings is 2. The van der Waals surface area contributed by atoms with Crippen molar-refractivity contribution in [3.05, 3.63) is 134 Å². The summed E-state index contributed by atoms with van der Waals surface area (Å²) < 4.78 is 2.31. The Morgan fingerprint density at radius 2 is 1.73 bits per heavy atom. The van der Waals surface area contributed by atoms with E-state index >= 15 is 0 Å². The number of aryl methyl sites for hydroxylation is 1. The van der Waals surface area contributed by atoms with E-state index in [0.717, 1.165) is 10.0 Å². The lowest BCUT2D eigenvalue weighted by atomic mass is 9.96. The van der Waals surface area contributed by atoms with Crippen LogP contribution < -0.4 is 10.5 Å². The van der Waals surface area contributed by atoms with Gasteiger partial charge in [-0.2, -0.15) is 4.68 Å². The summed E-state index contributed by atoms with van der Waals surface area (Å²) in [5, 5.41) is 27.1. The summed E-state index contributed by atoms with van der Waals surface area (Å²) in [5.41, 5.74) is 3.49. The van der Waals surface area contributed by atoms with Gasteiger partial charge in [-0.25, -0.2) is 9.97 Å². The number of hydrogen-bond acceptors (Lipinski definition) is 8. The van der Waals surface area contributed by atoms with Crippen LogP contribution in [0.25, 0.3) is 16.4 Å². The van der Waals surface area contributed by atoms with Crippen LogP contribution in [0, 0.1) is 6.92 Å². The Hall–Kier alpha value is -4.61. The first-order valence-electron chi connectivity index (χ1n) is 12.7. The second-order valence-electron chi connectivity index (χ2n) is 9.50. The molecule has 1 aliphatic heterocycles. The number of aliphatic hydroxyl groups excluding tert-OH is 1. The molecule has 0 spiro atoms. The minimum Gasteiger partial charge on any atom is -0.507 e. The number of nitrogens with zero attached hydrogens (tertiary/aromatic N) is 5. The molecule has 0 radical (unpaired) electrons. The summed E-state index contributed by atoms with van der Waals surface area (Å²) in [6, 6.07) is 19.5. The number of H-pyrrole nitrogens is 1. The van der Waals surface area contributed by atoms with Crippen molar-refractivity contribution in [2.75, 3.05) is 4.90 Å². The van der Waals surface area contributed by atoms with Gasteiger partial charge in [-0.1, -0.05) is 46.3 Å². The van der Waals surface area contributed by atoms with Crippen molar-refractivity contribution in [1.29, 1.82) is 0 Å². The number of thiazole rings is 1. The average Bonchev–Trinajstić information content (AvgIpc) is 3.56. The Labute approximate surface area is 248 Å². The quantitative estimate of drug-likeness (QED) is 0.194. The highest BCUT2D eigenvalue weighted by atomic mass is 79.9. The Morgan fingerprint density at radius 1 is 0.976 bits per heavy atom. The molecule has 1 aliphatic rings. The summed E-state index contributed by atoms with van der Waals surface area (Å²) in [5.74, 6) is 0.735. The van der Waals surface area contributed by atoms with E-state index in [9.17, 15) is 15.0 Å². The maximum atomic E-state index is 14.1. The molecule has 4 heterocycles. The predicted molar refractivity (Wildman–Crippen MR) is 163 cm³/mol. The largest absolute Gasteiger partial charge is 0.507 e. The van der Waals surface area contributed by atoms with Gasteiger partial charge in [0, 0.05) is 39.2 Å². The van der Waals surface area contributed by atoms with E-state index in [1.165, 1.54) is 16.0 Å². The van der Waals surface area contributed by atoms with Crippen molar-refractivity contribution in [2.45, 2.75) is 19.9 Å². The van der Waals surface area contributed by atoms with Crippen LogP contribution in [-0.4, -0.2) is 34.9 Å². The summed E-state index contributed by atoms with van der Waals surface area (Å²) in [4.78, 5) is 26.6. The molecule has 0 saturated heterocycles. The number of aliphatic hydroxyl groups is 1. The molecule has 3 N–H and O–H groups in total. The third kappa shape index (κ3) is 4.94. The Balaban J connectivity index is 1.45. The zero-order chi connectivity index (χ0) is 28.7. The number of phenolic OH excluding ortho intramolecular Hbond substituents is 1. The first kappa shape index (κ1) is 26.6. The molecular weight excluding hydrogens is 604 g/mol. The van der Waals surface area contributed by atoms with E-state index in [4.69, 9.17) is 0 Å². The van der Waals surface area contributed by atoms with Gasteiger partial charge >= 0.3 is 0 Å². The van der Waals surface area contributed by atoms with Crippen LogP contribution in [0.15, 0.2) is 112 Å². The van der Waals surface area contributed by atoms with Crippen molar-refractivity contribution in [3.8, 4) is 22.1 Å². The molecule has 0 aliphatic carbocycles. The molecule has 6 rings (SSSR count). The molecule has 2 aromatic carbocycles. The third-order valence-electron chi connectivity index (χ3n) is 6.82. The maximum Gasteiger partial charge on any atom is 0.279 e. The van der Waals surface area contributed by atoms with Crippen LogP contribution in [0.4, 0.5) is 5.82 Å². The fourth-order valence-corrected chi connectivity index (χ4v) is 5.98. The van der Waals surface area contributed by atoms with E-state index in [-0.39, 0.29) is 17.2 Å². The van der Waals surface area contributed by atoms with Gasteiger partial charge in [-0.3, -0.25) is 9.89 Å². The first-order chi connectivity index (χ1) is 19.8. The minimum absolute atomic E-state index is 0.0359. The molecule has 0 fully saturated rings. The number of pyridine rings is 1. The summed E-state index contributed by atoms with van der Waals surface area (Å²) in [7, 11) is 0. The zero-order valence-electron chi connectivity index (χ0n) is 22.1. The Morgan fingerprint density at radius 3 is 2.44 bits per heavy atom. The van der Waals surface area contributed by atoms with Crippen molar-refractivity contribution in [2.24, 2.45) is 0 Å². The van der Waals surface area contributed by atoms with E-state index in [2.05, 4.69) is 31.0 Å². The van der Waals surface area contributed by atoms with Gasteiger partial charge in [0.15, 0.2) is 0 Å². The molecule has 0 saturated carbocycles. The van der Waals surface area contributed by atoms with Crippen LogP contribution in [0.1, 0.15) is 29.8 Å². The topological polar surface area (TPSA) is 111 Å². The number of aromatic amines is 1. The van der Waals surface area contributed by atoms with E-state index in [0.29, 0.717) is 39.2 Å². The van der Waals surface area contributed by atoms with Gasteiger partial charge in [-0.15, -0.1) is 11.3 Å². The van der Waals surface area contributed by atoms with Gasteiger partial charge in [0.25, 0.3) is 5.56 Å².